The molecule has 2 atom stereocenters. The summed E-state index contributed by atoms with van der Waals surface area (Å²) in [6.07, 6.45) is 0. The van der Waals surface area contributed by atoms with Crippen molar-refractivity contribution in [1.29, 1.82) is 0 Å². The van der Waals surface area contributed by atoms with E-state index in [1.54, 1.807) is 54.6 Å². The molecule has 8 heteroatoms. The number of carbonyl (C=O) groups excluding carboxylic acids is 4. The van der Waals surface area contributed by atoms with Gasteiger partial charge in [-0.2, -0.15) is 0 Å². The summed E-state index contributed by atoms with van der Waals surface area (Å²) < 4.78 is 21.6. The van der Waals surface area contributed by atoms with Crippen LogP contribution in [0.4, 0.5) is 0 Å². The van der Waals surface area contributed by atoms with E-state index in [0.717, 1.165) is 0 Å². The molecule has 2 aliphatic rings. The summed E-state index contributed by atoms with van der Waals surface area (Å²) in [5, 5.41) is 0. The number of hydrogen-bond donors (Lipinski definition) is 0. The van der Waals surface area contributed by atoms with Gasteiger partial charge in [-0.3, -0.25) is 19.2 Å². The van der Waals surface area contributed by atoms with Crippen LogP contribution in [0.2, 0.25) is 0 Å². The second-order valence-electron chi connectivity index (χ2n) is 8.16. The van der Waals surface area contributed by atoms with Gasteiger partial charge in [0.1, 0.15) is 23.3 Å². The number of rotatable bonds is 5. The lowest BCUT2D eigenvalue weighted by Gasteiger charge is -2.34. The summed E-state index contributed by atoms with van der Waals surface area (Å²) in [5.74, 6) is -5.96. The number of methoxy groups -OCH3 is 2. The Bertz CT molecular complexity index is 1300. The molecule has 0 saturated heterocycles. The molecule has 0 N–H and O–H groups in total. The smallest absolute Gasteiger partial charge is 0.322 e. The van der Waals surface area contributed by atoms with E-state index in [9.17, 15) is 19.2 Å². The van der Waals surface area contributed by atoms with Crippen LogP contribution in [0, 0.1) is 11.8 Å². The van der Waals surface area contributed by atoms with Crippen LogP contribution in [0.3, 0.4) is 0 Å². The van der Waals surface area contributed by atoms with Gasteiger partial charge in [0, 0.05) is 5.92 Å². The van der Waals surface area contributed by atoms with Crippen molar-refractivity contribution in [2.45, 2.75) is 5.92 Å². The molecule has 35 heavy (non-hydrogen) atoms. The number of ether oxygens (including phenoxy) is 4. The van der Waals surface area contributed by atoms with E-state index in [2.05, 4.69) is 0 Å². The minimum atomic E-state index is -1.46. The Balaban J connectivity index is 1.69. The van der Waals surface area contributed by atoms with E-state index >= 15 is 0 Å². The fourth-order valence-corrected chi connectivity index (χ4v) is 4.67. The lowest BCUT2D eigenvalue weighted by Crippen LogP contribution is -2.46. The number of fused-ring (bicyclic) bond motifs is 2. The van der Waals surface area contributed by atoms with E-state index in [1.165, 1.54) is 26.4 Å². The van der Waals surface area contributed by atoms with E-state index < -0.39 is 41.3 Å². The molecule has 3 aromatic rings. The van der Waals surface area contributed by atoms with Crippen LogP contribution in [0.1, 0.15) is 32.2 Å². The molecular formula is C27H20O8. The van der Waals surface area contributed by atoms with Crippen molar-refractivity contribution in [2.24, 2.45) is 11.8 Å². The lowest BCUT2D eigenvalue weighted by atomic mass is 9.70. The van der Waals surface area contributed by atoms with E-state index in [4.69, 9.17) is 18.9 Å². The zero-order chi connectivity index (χ0) is 24.7. The van der Waals surface area contributed by atoms with Crippen molar-refractivity contribution in [3.63, 3.8) is 0 Å². The molecule has 0 aromatic heterocycles. The molecule has 0 amide bonds. The van der Waals surface area contributed by atoms with Crippen molar-refractivity contribution in [1.82, 2.24) is 0 Å². The molecular weight excluding hydrogens is 452 g/mol. The molecule has 8 nitrogen and oxygen atoms in total. The largest absolute Gasteiger partial charge is 0.493 e. The summed E-state index contributed by atoms with van der Waals surface area (Å²) in [4.78, 5) is 53.6. The highest BCUT2D eigenvalue weighted by molar-refractivity contribution is 6.18. The predicted molar refractivity (Wildman–Crippen MR) is 122 cm³/mol. The minimum absolute atomic E-state index is 0.132. The van der Waals surface area contributed by atoms with Crippen LogP contribution in [-0.4, -0.2) is 37.7 Å². The van der Waals surface area contributed by atoms with Crippen molar-refractivity contribution in [2.75, 3.05) is 14.2 Å². The van der Waals surface area contributed by atoms with Gasteiger partial charge in [0.25, 0.3) is 0 Å². The topological polar surface area (TPSA) is 105 Å². The third-order valence-corrected chi connectivity index (χ3v) is 6.31. The molecule has 2 heterocycles. The molecule has 0 saturated carbocycles. The van der Waals surface area contributed by atoms with Crippen LogP contribution in [0.15, 0.2) is 66.7 Å². The third kappa shape index (κ3) is 3.63. The summed E-state index contributed by atoms with van der Waals surface area (Å²) in [6.45, 7) is 0. The number of carbonyl (C=O) groups is 4. The van der Waals surface area contributed by atoms with E-state index in [1.807, 2.05) is 0 Å². The molecule has 0 aliphatic carbocycles. The quantitative estimate of drug-likeness (QED) is 0.315. The average molecular weight is 472 g/mol. The van der Waals surface area contributed by atoms with Crippen LogP contribution >= 0.6 is 0 Å². The van der Waals surface area contributed by atoms with Crippen molar-refractivity contribution < 1.29 is 38.1 Å². The van der Waals surface area contributed by atoms with Gasteiger partial charge in [-0.25, -0.2) is 0 Å². The van der Waals surface area contributed by atoms with Crippen molar-refractivity contribution in [3.8, 4) is 23.0 Å². The highest BCUT2D eigenvalue weighted by Crippen LogP contribution is 2.45. The Labute approximate surface area is 200 Å². The standard InChI is InChI=1S/C27H20O8/c1-32-19-12-11-14(13-20(19)33-2)21(22-24(28)15-7-3-5-9-17(15)34-26(22)30)23-25(29)16-8-4-6-10-18(16)35-27(23)31/h3-13,21-23H,1-2H3/t22-,23-/m1/s1. The summed E-state index contributed by atoms with van der Waals surface area (Å²) in [6, 6.07) is 17.4. The van der Waals surface area contributed by atoms with Gasteiger partial charge in [-0.1, -0.05) is 30.3 Å². The monoisotopic (exact) mass is 472 g/mol. The molecule has 3 aromatic carbocycles. The first-order valence-corrected chi connectivity index (χ1v) is 10.9. The maximum Gasteiger partial charge on any atom is 0.322 e. The molecule has 0 fully saturated rings. The summed E-state index contributed by atoms with van der Waals surface area (Å²) >= 11 is 0. The fourth-order valence-electron chi connectivity index (χ4n) is 4.67. The van der Waals surface area contributed by atoms with E-state index in [0.29, 0.717) is 17.1 Å². The maximum atomic E-state index is 13.6. The average Bonchev–Trinajstić information content (AvgIpc) is 2.87. The van der Waals surface area contributed by atoms with Gasteiger partial charge in [0.2, 0.25) is 0 Å². The highest BCUT2D eigenvalue weighted by atomic mass is 16.5. The molecule has 0 bridgehead atoms. The van der Waals surface area contributed by atoms with Gasteiger partial charge in [-0.05, 0) is 42.0 Å². The van der Waals surface area contributed by atoms with Crippen molar-refractivity contribution in [3.05, 3.63) is 83.4 Å². The first-order chi connectivity index (χ1) is 16.9. The van der Waals surface area contributed by atoms with Gasteiger partial charge in [0.05, 0.1) is 25.3 Å². The van der Waals surface area contributed by atoms with Crippen LogP contribution < -0.4 is 18.9 Å². The molecule has 2 aliphatic heterocycles. The number of ketones is 2. The number of para-hydroxylation sites is 2. The zero-order valence-corrected chi connectivity index (χ0v) is 18.8. The first-order valence-electron chi connectivity index (χ1n) is 10.9. The Morgan fingerprint density at radius 3 is 1.63 bits per heavy atom. The highest BCUT2D eigenvalue weighted by Gasteiger charge is 2.52. The number of benzene rings is 3. The molecule has 176 valence electrons. The Morgan fingerprint density at radius 1 is 0.657 bits per heavy atom. The predicted octanol–water partition coefficient (Wildman–Crippen LogP) is 3.62. The molecule has 5 rings (SSSR count). The van der Waals surface area contributed by atoms with Crippen LogP contribution in [-0.2, 0) is 9.59 Å². The number of hydrogen-bond acceptors (Lipinski definition) is 8. The molecule has 0 spiro atoms. The Hall–Kier alpha value is -4.46. The molecule has 0 unspecified atom stereocenters. The van der Waals surface area contributed by atoms with Crippen molar-refractivity contribution >= 4 is 23.5 Å². The first kappa shape index (κ1) is 22.3. The second kappa shape index (κ2) is 8.72. The second-order valence-corrected chi connectivity index (χ2v) is 8.16. The Kier molecular flexibility index (Phi) is 5.56. The molecule has 0 radical (unpaired) electrons. The van der Waals surface area contributed by atoms with E-state index in [-0.39, 0.29) is 22.6 Å². The fraction of sp³-hybridized carbons (Fsp3) is 0.185. The lowest BCUT2D eigenvalue weighted by molar-refractivity contribution is -0.142. The Morgan fingerprint density at radius 2 is 1.14 bits per heavy atom. The third-order valence-electron chi connectivity index (χ3n) is 6.31. The van der Waals surface area contributed by atoms with Gasteiger partial charge < -0.3 is 18.9 Å². The minimum Gasteiger partial charge on any atom is -0.493 e. The summed E-state index contributed by atoms with van der Waals surface area (Å²) in [5.41, 5.74) is 0.742. The van der Waals surface area contributed by atoms with Gasteiger partial charge in [0.15, 0.2) is 23.1 Å². The SMILES string of the molecule is COc1ccc(C([C@H]2C(=O)Oc3ccccc3C2=O)[C@H]2C(=O)Oc3ccccc3C2=O)cc1OC. The number of esters is 2. The van der Waals surface area contributed by atoms with Crippen LogP contribution in [0.25, 0.3) is 0 Å². The number of Topliss-reactive ketones (excluding diaryl/α,β-unsaturated/α-hetero) is 2. The van der Waals surface area contributed by atoms with Crippen LogP contribution in [0.5, 0.6) is 23.0 Å². The zero-order valence-electron chi connectivity index (χ0n) is 18.8. The summed E-state index contributed by atoms with van der Waals surface area (Å²) in [7, 11) is 2.90. The maximum absolute atomic E-state index is 13.6. The van der Waals surface area contributed by atoms with Gasteiger partial charge in [-0.15, -0.1) is 0 Å². The van der Waals surface area contributed by atoms with Gasteiger partial charge >= 0.3 is 11.9 Å². The normalized spacial score (nSPS) is 18.9.